The number of halogens is 1. The number of ketones is 1. The third-order valence-corrected chi connectivity index (χ3v) is 2.38. The maximum absolute atomic E-state index is 13.4. The molecule has 0 fully saturated rings. The first-order chi connectivity index (χ1) is 7.65. The molecule has 1 aromatic carbocycles. The first kappa shape index (κ1) is 10.8. The molecule has 4 heteroatoms. The van der Waals surface area contributed by atoms with Gasteiger partial charge in [-0.3, -0.25) is 4.79 Å². The molecule has 0 bridgehead atoms. The number of furan rings is 1. The quantitative estimate of drug-likeness (QED) is 0.749. The van der Waals surface area contributed by atoms with Gasteiger partial charge in [0.1, 0.15) is 0 Å². The first-order valence-corrected chi connectivity index (χ1v) is 4.85. The SMILES string of the molecule is COCc1c(C(C)=O)oc2c(F)cccc12. The summed E-state index contributed by atoms with van der Waals surface area (Å²) in [6.07, 6.45) is 0. The fraction of sp³-hybridized carbons (Fsp3) is 0.250. The molecule has 0 radical (unpaired) electrons. The normalized spacial score (nSPS) is 10.9. The molecule has 0 N–H and O–H groups in total. The van der Waals surface area contributed by atoms with E-state index in [4.69, 9.17) is 9.15 Å². The molecule has 0 amide bonds. The summed E-state index contributed by atoms with van der Waals surface area (Å²) < 4.78 is 23.7. The molecule has 0 atom stereocenters. The smallest absolute Gasteiger partial charge is 0.195 e. The van der Waals surface area contributed by atoms with Crippen molar-refractivity contribution in [3.05, 3.63) is 35.3 Å². The summed E-state index contributed by atoms with van der Waals surface area (Å²) in [5, 5.41) is 0.590. The lowest BCUT2D eigenvalue weighted by Crippen LogP contribution is -1.96. The number of fused-ring (bicyclic) bond motifs is 1. The highest BCUT2D eigenvalue weighted by atomic mass is 19.1. The van der Waals surface area contributed by atoms with Crippen LogP contribution in [0.1, 0.15) is 23.0 Å². The fourth-order valence-electron chi connectivity index (χ4n) is 1.71. The Morgan fingerprint density at radius 3 is 2.88 bits per heavy atom. The lowest BCUT2D eigenvalue weighted by molar-refractivity contribution is 0.0982. The van der Waals surface area contributed by atoms with Crippen LogP contribution in [0.4, 0.5) is 4.39 Å². The third kappa shape index (κ3) is 1.61. The average molecular weight is 222 g/mol. The van der Waals surface area contributed by atoms with Crippen molar-refractivity contribution in [3.63, 3.8) is 0 Å². The van der Waals surface area contributed by atoms with E-state index < -0.39 is 5.82 Å². The predicted molar refractivity (Wildman–Crippen MR) is 56.9 cm³/mol. The lowest BCUT2D eigenvalue weighted by atomic mass is 10.1. The average Bonchev–Trinajstić information content (AvgIpc) is 2.60. The largest absolute Gasteiger partial charge is 0.449 e. The van der Waals surface area contributed by atoms with Crippen LogP contribution < -0.4 is 0 Å². The Labute approximate surface area is 91.8 Å². The minimum absolute atomic E-state index is 0.111. The van der Waals surface area contributed by atoms with Crippen LogP contribution in [0.5, 0.6) is 0 Å². The van der Waals surface area contributed by atoms with E-state index in [1.54, 1.807) is 12.1 Å². The van der Waals surface area contributed by atoms with Crippen molar-refractivity contribution >= 4 is 16.8 Å². The van der Waals surface area contributed by atoms with Gasteiger partial charge in [-0.25, -0.2) is 4.39 Å². The summed E-state index contributed by atoms with van der Waals surface area (Å²) in [5.41, 5.74) is 0.712. The van der Waals surface area contributed by atoms with Crippen LogP contribution in [-0.4, -0.2) is 12.9 Å². The van der Waals surface area contributed by atoms with Crippen molar-refractivity contribution in [2.75, 3.05) is 7.11 Å². The Morgan fingerprint density at radius 2 is 2.25 bits per heavy atom. The Bertz CT molecular complexity index is 542. The summed E-state index contributed by atoms with van der Waals surface area (Å²) in [5.74, 6) is -0.535. The van der Waals surface area contributed by atoms with Gasteiger partial charge in [-0.1, -0.05) is 12.1 Å². The number of Topliss-reactive ketones (excluding diaryl/α,β-unsaturated/α-hetero) is 1. The number of hydrogen-bond acceptors (Lipinski definition) is 3. The molecule has 2 aromatic rings. The first-order valence-electron chi connectivity index (χ1n) is 4.85. The number of carbonyl (C=O) groups excluding carboxylic acids is 1. The number of hydrogen-bond donors (Lipinski definition) is 0. The molecular weight excluding hydrogens is 211 g/mol. The number of carbonyl (C=O) groups is 1. The Morgan fingerprint density at radius 1 is 1.50 bits per heavy atom. The number of benzene rings is 1. The molecule has 3 nitrogen and oxygen atoms in total. The summed E-state index contributed by atoms with van der Waals surface area (Å²) in [6.45, 7) is 1.61. The minimum Gasteiger partial charge on any atom is -0.449 e. The van der Waals surface area contributed by atoms with Crippen molar-refractivity contribution in [3.8, 4) is 0 Å². The molecule has 0 spiro atoms. The van der Waals surface area contributed by atoms with Crippen molar-refractivity contribution in [1.29, 1.82) is 0 Å². The van der Waals surface area contributed by atoms with Crippen molar-refractivity contribution in [2.45, 2.75) is 13.5 Å². The van der Waals surface area contributed by atoms with Gasteiger partial charge in [-0.05, 0) is 6.07 Å². The van der Waals surface area contributed by atoms with E-state index >= 15 is 0 Å². The van der Waals surface area contributed by atoms with Gasteiger partial charge >= 0.3 is 0 Å². The molecule has 0 saturated carbocycles. The van der Waals surface area contributed by atoms with Gasteiger partial charge in [0.15, 0.2) is 22.9 Å². The van der Waals surface area contributed by atoms with E-state index in [1.807, 2.05) is 0 Å². The van der Waals surface area contributed by atoms with Crippen molar-refractivity contribution in [2.24, 2.45) is 0 Å². The van der Waals surface area contributed by atoms with E-state index in [0.29, 0.717) is 10.9 Å². The zero-order valence-electron chi connectivity index (χ0n) is 9.04. The van der Waals surface area contributed by atoms with Gasteiger partial charge in [0.25, 0.3) is 0 Å². The van der Waals surface area contributed by atoms with Crippen molar-refractivity contribution < 1.29 is 18.3 Å². The second-order valence-electron chi connectivity index (χ2n) is 3.52. The van der Waals surface area contributed by atoms with Crippen LogP contribution in [0.2, 0.25) is 0 Å². The van der Waals surface area contributed by atoms with Crippen LogP contribution in [0.3, 0.4) is 0 Å². The number of para-hydroxylation sites is 1. The van der Waals surface area contributed by atoms with Crippen molar-refractivity contribution in [1.82, 2.24) is 0 Å². The molecule has 16 heavy (non-hydrogen) atoms. The summed E-state index contributed by atoms with van der Waals surface area (Å²) in [7, 11) is 1.52. The van der Waals surface area contributed by atoms with Crippen LogP contribution in [-0.2, 0) is 11.3 Å². The molecule has 0 saturated heterocycles. The van der Waals surface area contributed by atoms with E-state index in [9.17, 15) is 9.18 Å². The molecule has 0 aliphatic carbocycles. The molecule has 0 unspecified atom stereocenters. The maximum atomic E-state index is 13.4. The Hall–Kier alpha value is -1.68. The van der Waals surface area contributed by atoms with E-state index in [-0.39, 0.29) is 23.7 Å². The molecule has 0 aliphatic heterocycles. The standard InChI is InChI=1S/C12H11FO3/c1-7(14)11-9(6-15-2)8-4-3-5-10(13)12(8)16-11/h3-5H,6H2,1-2H3. The third-order valence-electron chi connectivity index (χ3n) is 2.38. The molecular formula is C12H11FO3. The number of rotatable bonds is 3. The fourth-order valence-corrected chi connectivity index (χ4v) is 1.71. The Kier molecular flexibility index (Phi) is 2.75. The van der Waals surface area contributed by atoms with E-state index in [1.165, 1.54) is 20.1 Å². The van der Waals surface area contributed by atoms with Gasteiger partial charge in [0.05, 0.1) is 6.61 Å². The number of ether oxygens (including phenoxy) is 1. The van der Waals surface area contributed by atoms with Crippen LogP contribution in [0.25, 0.3) is 11.0 Å². The second-order valence-corrected chi connectivity index (χ2v) is 3.52. The van der Waals surface area contributed by atoms with E-state index in [0.717, 1.165) is 0 Å². The summed E-state index contributed by atoms with van der Waals surface area (Å²) >= 11 is 0. The summed E-state index contributed by atoms with van der Waals surface area (Å²) in [6, 6.07) is 4.59. The highest BCUT2D eigenvalue weighted by molar-refractivity contribution is 5.99. The van der Waals surface area contributed by atoms with E-state index in [2.05, 4.69) is 0 Å². The highest BCUT2D eigenvalue weighted by Crippen LogP contribution is 2.28. The minimum atomic E-state index is -0.470. The van der Waals surface area contributed by atoms with Crippen LogP contribution >= 0.6 is 0 Å². The molecule has 84 valence electrons. The lowest BCUT2D eigenvalue weighted by Gasteiger charge is -1.97. The molecule has 2 rings (SSSR count). The van der Waals surface area contributed by atoms with Crippen LogP contribution in [0.15, 0.2) is 22.6 Å². The highest BCUT2D eigenvalue weighted by Gasteiger charge is 2.19. The molecule has 0 aliphatic rings. The van der Waals surface area contributed by atoms with Gasteiger partial charge < -0.3 is 9.15 Å². The van der Waals surface area contributed by atoms with Gasteiger partial charge in [-0.15, -0.1) is 0 Å². The summed E-state index contributed by atoms with van der Waals surface area (Å²) in [4.78, 5) is 11.4. The molecule has 1 heterocycles. The van der Waals surface area contributed by atoms with Gasteiger partial charge in [0, 0.05) is 25.0 Å². The van der Waals surface area contributed by atoms with Gasteiger partial charge in [-0.2, -0.15) is 0 Å². The molecule has 1 aromatic heterocycles. The van der Waals surface area contributed by atoms with Gasteiger partial charge in [0.2, 0.25) is 0 Å². The second kappa shape index (κ2) is 4.06. The predicted octanol–water partition coefficient (Wildman–Crippen LogP) is 2.92. The zero-order valence-corrected chi connectivity index (χ0v) is 9.04. The number of methoxy groups -OCH3 is 1. The zero-order chi connectivity index (χ0) is 11.7. The topological polar surface area (TPSA) is 39.4 Å². The Balaban J connectivity index is 2.75. The maximum Gasteiger partial charge on any atom is 0.195 e. The monoisotopic (exact) mass is 222 g/mol. The van der Waals surface area contributed by atoms with Crippen LogP contribution in [0, 0.1) is 5.82 Å².